The van der Waals surface area contributed by atoms with Gasteiger partial charge in [-0.3, -0.25) is 14.9 Å². The molecule has 1 heterocycles. The molecule has 0 spiro atoms. The molecule has 7 nitrogen and oxygen atoms in total. The average molecular weight is 325 g/mol. The molecule has 0 aliphatic rings. The Balaban J connectivity index is 1.96. The van der Waals surface area contributed by atoms with E-state index in [1.807, 2.05) is 13.0 Å². The van der Waals surface area contributed by atoms with Crippen LogP contribution in [0.4, 0.5) is 11.4 Å². The highest BCUT2D eigenvalue weighted by Gasteiger charge is 2.18. The van der Waals surface area contributed by atoms with Gasteiger partial charge in [0.25, 0.3) is 11.6 Å². The number of nitrogens with one attached hydrogen (secondary N) is 1. The van der Waals surface area contributed by atoms with Crippen molar-refractivity contribution in [2.75, 3.05) is 11.9 Å². The van der Waals surface area contributed by atoms with Gasteiger partial charge in [0, 0.05) is 11.1 Å². The predicted molar refractivity (Wildman–Crippen MR) is 80.7 cm³/mol. The smallest absolute Gasteiger partial charge is 0.294 e. The number of quaternary nitrogens is 1. The van der Waals surface area contributed by atoms with Crippen molar-refractivity contribution in [1.29, 1.82) is 0 Å². The molecule has 1 aromatic heterocycles. The number of carbonyl (C=O) groups excluding carboxylic acids is 1. The van der Waals surface area contributed by atoms with Crippen LogP contribution in [-0.4, -0.2) is 17.4 Å². The molecule has 0 unspecified atom stereocenters. The number of hydrogen-bond donors (Lipinski definition) is 2. The van der Waals surface area contributed by atoms with Gasteiger partial charge in [-0.2, -0.15) is 0 Å². The summed E-state index contributed by atoms with van der Waals surface area (Å²) in [5, 5.41) is 15.5. The Labute approximate surface area is 131 Å². The lowest BCUT2D eigenvalue weighted by atomic mass is 10.2. The van der Waals surface area contributed by atoms with E-state index in [0.717, 1.165) is 5.76 Å². The van der Waals surface area contributed by atoms with Crippen molar-refractivity contribution in [3.05, 3.63) is 57.5 Å². The molecule has 116 valence electrons. The summed E-state index contributed by atoms with van der Waals surface area (Å²) in [5.74, 6) is 0.411. The molecule has 1 atom stereocenters. The van der Waals surface area contributed by atoms with Crippen LogP contribution >= 0.6 is 11.6 Å². The number of carbonyl (C=O) groups is 1. The van der Waals surface area contributed by atoms with Crippen LogP contribution < -0.4 is 10.6 Å². The Hall–Kier alpha value is -2.38. The highest BCUT2D eigenvalue weighted by Crippen LogP contribution is 2.27. The molecule has 0 saturated heterocycles. The fourth-order valence-corrected chi connectivity index (χ4v) is 2.08. The van der Waals surface area contributed by atoms with Crippen LogP contribution in [0.15, 0.2) is 41.0 Å². The summed E-state index contributed by atoms with van der Waals surface area (Å²) in [6.45, 7) is 2.01. The Kier molecular flexibility index (Phi) is 5.13. The van der Waals surface area contributed by atoms with Crippen LogP contribution in [0.3, 0.4) is 0 Å². The van der Waals surface area contributed by atoms with E-state index in [4.69, 9.17) is 16.0 Å². The highest BCUT2D eigenvalue weighted by molar-refractivity contribution is 6.31. The minimum atomic E-state index is -0.587. The summed E-state index contributed by atoms with van der Waals surface area (Å²) in [5.41, 5.74) is -0.113. The van der Waals surface area contributed by atoms with E-state index in [-0.39, 0.29) is 34.9 Å². The number of nitrogens with two attached hydrogens (primary N) is 1. The van der Waals surface area contributed by atoms with Gasteiger partial charge in [0.1, 0.15) is 11.7 Å². The van der Waals surface area contributed by atoms with E-state index >= 15 is 0 Å². The quantitative estimate of drug-likeness (QED) is 0.627. The van der Waals surface area contributed by atoms with E-state index < -0.39 is 4.92 Å². The van der Waals surface area contributed by atoms with Crippen LogP contribution in [0.2, 0.25) is 5.02 Å². The van der Waals surface area contributed by atoms with E-state index in [0.29, 0.717) is 0 Å². The number of benzene rings is 1. The maximum atomic E-state index is 11.9. The van der Waals surface area contributed by atoms with Crippen molar-refractivity contribution in [3.8, 4) is 0 Å². The molecule has 2 aromatic rings. The molecule has 0 aliphatic heterocycles. The van der Waals surface area contributed by atoms with Gasteiger partial charge in [-0.15, -0.1) is 0 Å². The highest BCUT2D eigenvalue weighted by atomic mass is 35.5. The first-order chi connectivity index (χ1) is 10.5. The molecule has 1 amide bonds. The molecular formula is C14H15ClN3O4+. The number of nitrogens with zero attached hydrogens (tertiary/aromatic N) is 1. The van der Waals surface area contributed by atoms with Crippen molar-refractivity contribution in [2.45, 2.75) is 13.0 Å². The molecule has 0 fully saturated rings. The van der Waals surface area contributed by atoms with Gasteiger partial charge in [0.15, 0.2) is 12.3 Å². The van der Waals surface area contributed by atoms with Crippen LogP contribution in [-0.2, 0) is 4.79 Å². The topological polar surface area (TPSA) is 102 Å². The van der Waals surface area contributed by atoms with Crippen molar-refractivity contribution >= 4 is 28.9 Å². The van der Waals surface area contributed by atoms with Crippen LogP contribution in [0, 0.1) is 10.1 Å². The summed E-state index contributed by atoms with van der Waals surface area (Å²) < 4.78 is 5.24. The van der Waals surface area contributed by atoms with E-state index in [1.54, 1.807) is 17.6 Å². The lowest BCUT2D eigenvalue weighted by Crippen LogP contribution is -2.86. The third-order valence-electron chi connectivity index (χ3n) is 3.08. The Morgan fingerprint density at radius 3 is 2.91 bits per heavy atom. The van der Waals surface area contributed by atoms with Crippen molar-refractivity contribution in [1.82, 2.24) is 0 Å². The van der Waals surface area contributed by atoms with Crippen LogP contribution in [0.25, 0.3) is 0 Å². The number of halogens is 1. The summed E-state index contributed by atoms with van der Waals surface area (Å²) in [6, 6.07) is 7.67. The summed E-state index contributed by atoms with van der Waals surface area (Å²) in [4.78, 5) is 22.3. The van der Waals surface area contributed by atoms with Gasteiger partial charge in [-0.1, -0.05) is 11.6 Å². The molecule has 3 N–H and O–H groups in total. The molecule has 0 bridgehead atoms. The van der Waals surface area contributed by atoms with Gasteiger partial charge in [0.05, 0.1) is 11.2 Å². The normalized spacial score (nSPS) is 11.9. The second kappa shape index (κ2) is 7.06. The first-order valence-electron chi connectivity index (χ1n) is 6.58. The molecule has 1 aromatic carbocycles. The number of anilines is 1. The predicted octanol–water partition coefficient (Wildman–Crippen LogP) is 2.10. The first kappa shape index (κ1) is 16.0. The largest absolute Gasteiger partial charge is 0.463 e. The fourth-order valence-electron chi connectivity index (χ4n) is 1.91. The van der Waals surface area contributed by atoms with Crippen molar-refractivity contribution < 1.29 is 19.5 Å². The van der Waals surface area contributed by atoms with Gasteiger partial charge in [-0.05, 0) is 31.2 Å². The molecule has 8 heteroatoms. The zero-order valence-electron chi connectivity index (χ0n) is 11.8. The number of rotatable bonds is 6. The van der Waals surface area contributed by atoms with E-state index in [2.05, 4.69) is 5.32 Å². The molecule has 0 aliphatic carbocycles. The van der Waals surface area contributed by atoms with Gasteiger partial charge >= 0.3 is 0 Å². The first-order valence-corrected chi connectivity index (χ1v) is 6.95. The molecule has 22 heavy (non-hydrogen) atoms. The minimum Gasteiger partial charge on any atom is -0.463 e. The van der Waals surface area contributed by atoms with Crippen LogP contribution in [0.5, 0.6) is 0 Å². The van der Waals surface area contributed by atoms with Crippen LogP contribution in [0.1, 0.15) is 18.7 Å². The van der Waals surface area contributed by atoms with Gasteiger partial charge in [0.2, 0.25) is 0 Å². The third-order valence-corrected chi connectivity index (χ3v) is 3.31. The minimum absolute atomic E-state index is 0.0269. The number of amides is 1. The number of nitro groups is 1. The maximum absolute atomic E-state index is 11.9. The zero-order chi connectivity index (χ0) is 16.1. The molecule has 2 rings (SSSR count). The lowest BCUT2D eigenvalue weighted by Gasteiger charge is -2.09. The Morgan fingerprint density at radius 1 is 1.50 bits per heavy atom. The molecular weight excluding hydrogens is 310 g/mol. The SMILES string of the molecule is C[C@H]([NH2+]CC(=O)Nc1ccc(Cl)cc1[N+](=O)[O-])c1ccco1. The number of hydrogen-bond acceptors (Lipinski definition) is 4. The summed E-state index contributed by atoms with van der Waals surface area (Å²) in [7, 11) is 0. The van der Waals surface area contributed by atoms with E-state index in [9.17, 15) is 14.9 Å². The Morgan fingerprint density at radius 2 is 2.27 bits per heavy atom. The molecule has 0 saturated carbocycles. The summed E-state index contributed by atoms with van der Waals surface area (Å²) in [6.07, 6.45) is 1.57. The Bertz CT molecular complexity index is 673. The average Bonchev–Trinajstić information content (AvgIpc) is 3.00. The number of nitro benzene ring substituents is 1. The third kappa shape index (κ3) is 4.06. The van der Waals surface area contributed by atoms with Gasteiger partial charge < -0.3 is 15.1 Å². The molecule has 0 radical (unpaired) electrons. The number of furan rings is 1. The van der Waals surface area contributed by atoms with Crippen molar-refractivity contribution in [3.63, 3.8) is 0 Å². The summed E-state index contributed by atoms with van der Waals surface area (Å²) >= 11 is 5.72. The monoisotopic (exact) mass is 324 g/mol. The van der Waals surface area contributed by atoms with Crippen molar-refractivity contribution in [2.24, 2.45) is 0 Å². The lowest BCUT2D eigenvalue weighted by molar-refractivity contribution is -0.684. The second-order valence-electron chi connectivity index (χ2n) is 4.71. The standard InChI is InChI=1S/C14H14ClN3O4/c1-9(13-3-2-6-22-13)16-8-14(19)17-11-5-4-10(15)7-12(11)18(20)21/h2-7,9,16H,8H2,1H3,(H,17,19)/p+1/t9-/m0/s1. The fraction of sp³-hybridized carbons (Fsp3) is 0.214. The van der Waals surface area contributed by atoms with Gasteiger partial charge in [-0.25, -0.2) is 0 Å². The second-order valence-corrected chi connectivity index (χ2v) is 5.15. The maximum Gasteiger partial charge on any atom is 0.294 e. The van der Waals surface area contributed by atoms with E-state index in [1.165, 1.54) is 18.2 Å². The zero-order valence-corrected chi connectivity index (χ0v) is 12.5.